The number of imidazole rings is 1. The second kappa shape index (κ2) is 8.32. The van der Waals surface area contributed by atoms with Gasteiger partial charge in [-0.2, -0.15) is 0 Å². The maximum Gasteiger partial charge on any atom is 0.259 e. The summed E-state index contributed by atoms with van der Waals surface area (Å²) in [4.78, 5) is 18.3. The van der Waals surface area contributed by atoms with E-state index in [1.165, 1.54) is 17.4 Å². The van der Waals surface area contributed by atoms with Crippen LogP contribution in [0.25, 0.3) is 0 Å². The van der Waals surface area contributed by atoms with E-state index in [9.17, 15) is 13.2 Å². The van der Waals surface area contributed by atoms with E-state index in [-0.39, 0.29) is 23.9 Å². The molecule has 1 aliphatic rings. The van der Waals surface area contributed by atoms with Crippen LogP contribution in [0.4, 0.5) is 5.69 Å². The number of hydrogen-bond acceptors (Lipinski definition) is 5. The zero-order chi connectivity index (χ0) is 20.3. The van der Waals surface area contributed by atoms with Gasteiger partial charge in [-0.15, -0.1) is 0 Å². The molecule has 9 heteroatoms. The molecule has 0 radical (unpaired) electrons. The molecule has 28 heavy (non-hydrogen) atoms. The number of nitrogens with one attached hydrogen (secondary N) is 2. The molecule has 1 amide bonds. The molecule has 2 aromatic rings. The number of fused-ring (bicyclic) bond motifs is 1. The second-order valence-electron chi connectivity index (χ2n) is 7.11. The van der Waals surface area contributed by atoms with Crippen molar-refractivity contribution >= 4 is 21.6 Å². The Kier molecular flexibility index (Phi) is 6.04. The number of carbonyl (C=O) groups excluding carboxylic acids is 1. The number of aromatic nitrogens is 2. The van der Waals surface area contributed by atoms with Crippen LogP contribution in [0, 0.1) is 6.92 Å². The van der Waals surface area contributed by atoms with Gasteiger partial charge in [-0.1, -0.05) is 18.2 Å². The Labute approximate surface area is 166 Å². The quantitative estimate of drug-likeness (QED) is 0.682. The minimum absolute atomic E-state index is 0.0328. The van der Waals surface area contributed by atoms with Crippen molar-refractivity contribution in [3.05, 3.63) is 41.9 Å². The van der Waals surface area contributed by atoms with Gasteiger partial charge in [0.1, 0.15) is 5.82 Å². The lowest BCUT2D eigenvalue weighted by atomic mass is 10.1. The van der Waals surface area contributed by atoms with Gasteiger partial charge in [0.2, 0.25) is 5.91 Å². The fraction of sp³-hybridized carbons (Fsp3) is 0.474. The molecule has 2 heterocycles. The third kappa shape index (κ3) is 4.53. The lowest BCUT2D eigenvalue weighted by Crippen LogP contribution is -2.38. The Morgan fingerprint density at radius 1 is 1.29 bits per heavy atom. The molecule has 0 saturated carbocycles. The molecular weight excluding hydrogens is 378 g/mol. The molecule has 1 aromatic carbocycles. The van der Waals surface area contributed by atoms with Crippen LogP contribution in [-0.4, -0.2) is 49.6 Å². The monoisotopic (exact) mass is 405 g/mol. The molecule has 1 unspecified atom stereocenters. The summed E-state index contributed by atoms with van der Waals surface area (Å²) in [6.07, 6.45) is 2.54. The highest BCUT2D eigenvalue weighted by Crippen LogP contribution is 2.31. The number of rotatable bonds is 8. The van der Waals surface area contributed by atoms with E-state index in [1.54, 1.807) is 18.5 Å². The third-order valence-corrected chi connectivity index (χ3v) is 6.36. The number of nitrogens with zero attached hydrogens (tertiary/aromatic N) is 3. The molecule has 0 bridgehead atoms. The first-order valence-corrected chi connectivity index (χ1v) is 10.9. The summed E-state index contributed by atoms with van der Waals surface area (Å²) in [7, 11) is -1.97. The topological polar surface area (TPSA) is 96.3 Å². The number of anilines is 1. The van der Waals surface area contributed by atoms with Crippen molar-refractivity contribution < 1.29 is 13.2 Å². The second-order valence-corrected chi connectivity index (χ2v) is 8.82. The number of benzene rings is 1. The summed E-state index contributed by atoms with van der Waals surface area (Å²) < 4.78 is 28.5. The van der Waals surface area contributed by atoms with Crippen LogP contribution in [0.2, 0.25) is 0 Å². The van der Waals surface area contributed by atoms with Crippen molar-refractivity contribution in [2.45, 2.75) is 37.8 Å². The first-order valence-electron chi connectivity index (χ1n) is 9.39. The minimum Gasteiger partial charge on any atom is -0.367 e. The Morgan fingerprint density at radius 3 is 2.75 bits per heavy atom. The predicted molar refractivity (Wildman–Crippen MR) is 108 cm³/mol. The maximum absolute atomic E-state index is 12.2. The normalized spacial score (nSPS) is 16.2. The summed E-state index contributed by atoms with van der Waals surface area (Å²) in [6.45, 7) is 5.18. The summed E-state index contributed by atoms with van der Waals surface area (Å²) in [5.74, 6) is 0.427. The van der Waals surface area contributed by atoms with Crippen molar-refractivity contribution in [2.24, 2.45) is 7.05 Å². The fourth-order valence-corrected chi connectivity index (χ4v) is 4.47. The smallest absolute Gasteiger partial charge is 0.259 e. The van der Waals surface area contributed by atoms with Crippen LogP contribution in [0.5, 0.6) is 0 Å². The number of amides is 1. The third-order valence-electron chi connectivity index (χ3n) is 5.03. The van der Waals surface area contributed by atoms with Gasteiger partial charge in [-0.3, -0.25) is 4.79 Å². The van der Waals surface area contributed by atoms with Crippen molar-refractivity contribution in [1.29, 1.82) is 0 Å². The molecule has 1 atom stereocenters. The number of aryl methyl sites for hydroxylation is 2. The van der Waals surface area contributed by atoms with Crippen molar-refractivity contribution in [2.75, 3.05) is 24.5 Å². The fourth-order valence-electron chi connectivity index (χ4n) is 3.40. The average molecular weight is 406 g/mol. The number of hydrogen-bond donors (Lipinski definition) is 2. The van der Waals surface area contributed by atoms with Gasteiger partial charge in [-0.05, 0) is 31.9 Å². The number of carbonyl (C=O) groups is 1. The first-order chi connectivity index (χ1) is 13.3. The minimum atomic E-state index is -3.70. The van der Waals surface area contributed by atoms with Gasteiger partial charge < -0.3 is 14.8 Å². The largest absolute Gasteiger partial charge is 0.367 e. The Hall–Kier alpha value is -2.39. The SMILES string of the molecule is Cc1nc(S(=O)(=O)NCCC(=O)NCCN2c3ccccc3CC2C)cn1C. The number of sulfonamides is 1. The average Bonchev–Trinajstić information content (AvgIpc) is 3.15. The van der Waals surface area contributed by atoms with E-state index < -0.39 is 10.0 Å². The van der Waals surface area contributed by atoms with E-state index in [4.69, 9.17) is 0 Å². The van der Waals surface area contributed by atoms with Crippen LogP contribution < -0.4 is 14.9 Å². The lowest BCUT2D eigenvalue weighted by Gasteiger charge is -2.25. The highest BCUT2D eigenvalue weighted by molar-refractivity contribution is 7.89. The molecule has 1 aliphatic heterocycles. The Bertz CT molecular complexity index is 935. The van der Waals surface area contributed by atoms with Crippen LogP contribution >= 0.6 is 0 Å². The summed E-state index contributed by atoms with van der Waals surface area (Å²) in [5, 5.41) is 2.83. The Balaban J connectivity index is 1.42. The molecule has 0 fully saturated rings. The lowest BCUT2D eigenvalue weighted by molar-refractivity contribution is -0.120. The van der Waals surface area contributed by atoms with Crippen LogP contribution in [0.3, 0.4) is 0 Å². The molecule has 2 N–H and O–H groups in total. The van der Waals surface area contributed by atoms with Gasteiger partial charge in [-0.25, -0.2) is 18.1 Å². The molecule has 152 valence electrons. The van der Waals surface area contributed by atoms with Crippen molar-refractivity contribution in [1.82, 2.24) is 19.6 Å². The molecule has 1 aromatic heterocycles. The maximum atomic E-state index is 12.2. The van der Waals surface area contributed by atoms with E-state index in [0.717, 1.165) is 13.0 Å². The van der Waals surface area contributed by atoms with E-state index in [1.807, 2.05) is 12.1 Å². The molecular formula is C19H27N5O3S. The number of para-hydroxylation sites is 1. The summed E-state index contributed by atoms with van der Waals surface area (Å²) in [6, 6.07) is 8.72. The van der Waals surface area contributed by atoms with Crippen LogP contribution in [0.1, 0.15) is 24.7 Å². The molecule has 3 rings (SSSR count). The van der Waals surface area contributed by atoms with E-state index in [0.29, 0.717) is 18.4 Å². The zero-order valence-electron chi connectivity index (χ0n) is 16.5. The van der Waals surface area contributed by atoms with Gasteiger partial charge in [0.15, 0.2) is 5.03 Å². The van der Waals surface area contributed by atoms with Gasteiger partial charge in [0.25, 0.3) is 10.0 Å². The van der Waals surface area contributed by atoms with E-state index in [2.05, 4.69) is 39.0 Å². The molecule has 0 aliphatic carbocycles. The van der Waals surface area contributed by atoms with Crippen LogP contribution in [-0.2, 0) is 28.3 Å². The Morgan fingerprint density at radius 2 is 2.04 bits per heavy atom. The van der Waals surface area contributed by atoms with Gasteiger partial charge >= 0.3 is 0 Å². The standard InChI is InChI=1S/C19H27N5O3S/c1-14-12-16-6-4-5-7-17(16)24(14)11-10-20-18(25)8-9-21-28(26,27)19-13-23(3)15(2)22-19/h4-7,13-14,21H,8-12H2,1-3H3,(H,20,25). The van der Waals surface area contributed by atoms with E-state index >= 15 is 0 Å². The molecule has 8 nitrogen and oxygen atoms in total. The summed E-state index contributed by atoms with van der Waals surface area (Å²) >= 11 is 0. The van der Waals surface area contributed by atoms with Gasteiger partial charge in [0.05, 0.1) is 0 Å². The molecule has 0 saturated heterocycles. The van der Waals surface area contributed by atoms with Crippen molar-refractivity contribution in [3.63, 3.8) is 0 Å². The molecule has 0 spiro atoms. The highest BCUT2D eigenvalue weighted by atomic mass is 32.2. The van der Waals surface area contributed by atoms with Crippen molar-refractivity contribution in [3.8, 4) is 0 Å². The van der Waals surface area contributed by atoms with Crippen LogP contribution in [0.15, 0.2) is 35.5 Å². The predicted octanol–water partition coefficient (Wildman–Crippen LogP) is 0.964. The first kappa shape index (κ1) is 20.3. The zero-order valence-corrected chi connectivity index (χ0v) is 17.3. The summed E-state index contributed by atoms with van der Waals surface area (Å²) in [5.41, 5.74) is 2.56. The van der Waals surface area contributed by atoms with Gasteiger partial charge in [0, 0.05) is 51.0 Å². The highest BCUT2D eigenvalue weighted by Gasteiger charge is 2.25.